The fourth-order valence-electron chi connectivity index (χ4n) is 2.93. The van der Waals surface area contributed by atoms with Crippen molar-refractivity contribution in [3.05, 3.63) is 94.0 Å². The highest BCUT2D eigenvalue weighted by Crippen LogP contribution is 2.31. The maximum Gasteiger partial charge on any atom is 0.417 e. The Morgan fingerprint density at radius 1 is 0.970 bits per heavy atom. The van der Waals surface area contributed by atoms with E-state index < -0.39 is 23.6 Å². The first-order valence-electron chi connectivity index (χ1n) is 9.44. The molecule has 0 unspecified atom stereocenters. The lowest BCUT2D eigenvalue weighted by molar-refractivity contribution is -0.137. The van der Waals surface area contributed by atoms with Gasteiger partial charge in [0.1, 0.15) is 5.75 Å². The second kappa shape index (κ2) is 10.2. The lowest BCUT2D eigenvalue weighted by Gasteiger charge is -2.12. The number of benzene rings is 3. The monoisotopic (exact) mass is 475 g/mol. The highest BCUT2D eigenvalue weighted by molar-refractivity contribution is 6.31. The molecule has 10 heteroatoms. The van der Waals surface area contributed by atoms with Crippen molar-refractivity contribution in [1.29, 1.82) is 0 Å². The normalized spacial score (nSPS) is 11.3. The maximum atomic E-state index is 13.1. The molecule has 2 N–H and O–H groups in total. The zero-order valence-electron chi connectivity index (χ0n) is 17.1. The summed E-state index contributed by atoms with van der Waals surface area (Å²) >= 11 is 5.96. The second-order valence-corrected chi connectivity index (χ2v) is 7.06. The van der Waals surface area contributed by atoms with Gasteiger partial charge in [-0.1, -0.05) is 41.9 Å². The molecule has 0 spiro atoms. The number of ether oxygens (including phenoxy) is 1. The van der Waals surface area contributed by atoms with Crippen molar-refractivity contribution in [1.82, 2.24) is 5.43 Å². The third-order valence-electron chi connectivity index (χ3n) is 4.46. The number of amides is 2. The van der Waals surface area contributed by atoms with Crippen molar-refractivity contribution in [3.63, 3.8) is 0 Å². The Hall–Kier alpha value is -3.85. The van der Waals surface area contributed by atoms with Gasteiger partial charge in [-0.15, -0.1) is 0 Å². The molecule has 0 aliphatic carbocycles. The largest absolute Gasteiger partial charge is 0.496 e. The molecule has 0 aromatic heterocycles. The van der Waals surface area contributed by atoms with Crippen LogP contribution in [0, 0.1) is 0 Å². The number of hydrogen-bond donors (Lipinski definition) is 2. The van der Waals surface area contributed by atoms with Gasteiger partial charge in [0.15, 0.2) is 0 Å². The molecule has 3 rings (SSSR count). The van der Waals surface area contributed by atoms with Crippen molar-refractivity contribution in [2.24, 2.45) is 5.10 Å². The van der Waals surface area contributed by atoms with E-state index in [4.69, 9.17) is 16.3 Å². The van der Waals surface area contributed by atoms with Crippen molar-refractivity contribution in [3.8, 4) is 5.75 Å². The molecule has 3 aromatic rings. The van der Waals surface area contributed by atoms with Gasteiger partial charge >= 0.3 is 6.18 Å². The number of nitrogens with zero attached hydrogens (tertiary/aromatic N) is 1. The van der Waals surface area contributed by atoms with Crippen molar-refractivity contribution in [2.75, 3.05) is 12.4 Å². The van der Waals surface area contributed by atoms with Crippen LogP contribution in [0.4, 0.5) is 18.9 Å². The average Bonchev–Trinajstić information content (AvgIpc) is 2.79. The summed E-state index contributed by atoms with van der Waals surface area (Å²) in [5, 5.41) is 6.56. The number of nitrogens with one attached hydrogen (secondary N) is 2. The minimum atomic E-state index is -4.56. The van der Waals surface area contributed by atoms with Crippen molar-refractivity contribution in [2.45, 2.75) is 6.18 Å². The Balaban J connectivity index is 1.79. The van der Waals surface area contributed by atoms with E-state index >= 15 is 0 Å². The van der Waals surface area contributed by atoms with Gasteiger partial charge in [0.2, 0.25) is 0 Å². The van der Waals surface area contributed by atoms with Gasteiger partial charge < -0.3 is 10.1 Å². The molecule has 0 aliphatic rings. The zero-order valence-corrected chi connectivity index (χ0v) is 17.9. The van der Waals surface area contributed by atoms with E-state index in [1.165, 1.54) is 49.6 Å². The van der Waals surface area contributed by atoms with Crippen molar-refractivity contribution < 1.29 is 27.5 Å². The molecule has 3 aromatic carbocycles. The molecule has 2 amide bonds. The van der Waals surface area contributed by atoms with E-state index in [9.17, 15) is 22.8 Å². The molecular formula is C23H17ClF3N3O3. The highest BCUT2D eigenvalue weighted by Gasteiger charge is 2.32. The summed E-state index contributed by atoms with van der Waals surface area (Å²) in [5.74, 6) is -1.02. The molecule has 0 saturated heterocycles. The standard InChI is InChI=1S/C23H17ClF3N3O3/c1-33-20-11-10-15(24)12-17(20)21(31)29-19-9-5-3-7-16(19)22(32)30-28-13-14-6-2-4-8-18(14)23(25,26)27/h2-13H,1H3,(H,29,31)(H,30,32). The minimum Gasteiger partial charge on any atom is -0.496 e. The SMILES string of the molecule is COc1ccc(Cl)cc1C(=O)Nc1ccccc1C(=O)NN=Cc1ccccc1C(F)(F)F. The molecule has 0 fully saturated rings. The Morgan fingerprint density at radius 3 is 2.39 bits per heavy atom. The number of hydrogen-bond acceptors (Lipinski definition) is 4. The maximum absolute atomic E-state index is 13.1. The Kier molecular flexibility index (Phi) is 7.34. The molecule has 0 bridgehead atoms. The summed E-state index contributed by atoms with van der Waals surface area (Å²) in [5.41, 5.74) is 1.45. The van der Waals surface area contributed by atoms with E-state index in [0.717, 1.165) is 12.3 Å². The first-order chi connectivity index (χ1) is 15.7. The molecule has 0 heterocycles. The van der Waals surface area contributed by atoms with E-state index in [0.29, 0.717) is 5.02 Å². The number of rotatable bonds is 6. The third-order valence-corrected chi connectivity index (χ3v) is 4.70. The molecule has 0 aliphatic heterocycles. The van der Waals surface area contributed by atoms with Gasteiger partial charge in [0, 0.05) is 10.6 Å². The average molecular weight is 476 g/mol. The minimum absolute atomic E-state index is 0.0492. The number of halogens is 4. The molecule has 33 heavy (non-hydrogen) atoms. The van der Waals surface area contributed by atoms with Crippen LogP contribution in [0.1, 0.15) is 31.8 Å². The van der Waals surface area contributed by atoms with Gasteiger partial charge in [-0.05, 0) is 36.4 Å². The lowest BCUT2D eigenvalue weighted by Crippen LogP contribution is -2.21. The Bertz CT molecular complexity index is 1210. The van der Waals surface area contributed by atoms with E-state index in [2.05, 4.69) is 15.8 Å². The fraction of sp³-hybridized carbons (Fsp3) is 0.0870. The van der Waals surface area contributed by atoms with Crippen molar-refractivity contribution >= 4 is 35.3 Å². The van der Waals surface area contributed by atoms with Crippen LogP contribution in [0.2, 0.25) is 5.02 Å². The van der Waals surface area contributed by atoms with Crippen LogP contribution in [0.25, 0.3) is 0 Å². The predicted molar refractivity (Wildman–Crippen MR) is 119 cm³/mol. The third kappa shape index (κ3) is 5.89. The van der Waals surface area contributed by atoms with Gasteiger partial charge in [-0.3, -0.25) is 9.59 Å². The topological polar surface area (TPSA) is 79.8 Å². The van der Waals surface area contributed by atoms with Crippen LogP contribution in [-0.4, -0.2) is 25.1 Å². The Labute approximate surface area is 192 Å². The summed E-state index contributed by atoms with van der Waals surface area (Å²) in [4.78, 5) is 25.3. The number of hydrazone groups is 1. The molecule has 0 radical (unpaired) electrons. The fourth-order valence-corrected chi connectivity index (χ4v) is 3.10. The summed E-state index contributed by atoms with van der Waals surface area (Å²) in [6, 6.07) is 15.4. The molecule has 0 atom stereocenters. The van der Waals surface area contributed by atoms with Crippen LogP contribution >= 0.6 is 11.6 Å². The van der Waals surface area contributed by atoms with Gasteiger partial charge in [0.05, 0.1) is 35.7 Å². The predicted octanol–water partition coefficient (Wildman–Crippen LogP) is 5.38. The molecule has 0 saturated carbocycles. The van der Waals surface area contributed by atoms with Crippen LogP contribution < -0.4 is 15.5 Å². The summed E-state index contributed by atoms with van der Waals surface area (Å²) < 4.78 is 44.4. The molecule has 170 valence electrons. The summed E-state index contributed by atoms with van der Waals surface area (Å²) in [6.45, 7) is 0. The molecule has 6 nitrogen and oxygen atoms in total. The molecular weight excluding hydrogens is 459 g/mol. The smallest absolute Gasteiger partial charge is 0.417 e. The van der Waals surface area contributed by atoms with Gasteiger partial charge in [-0.2, -0.15) is 18.3 Å². The van der Waals surface area contributed by atoms with Crippen LogP contribution in [-0.2, 0) is 6.18 Å². The van der Waals surface area contributed by atoms with E-state index in [1.807, 2.05) is 0 Å². The number of methoxy groups -OCH3 is 1. The quantitative estimate of drug-likeness (QED) is 0.371. The van der Waals surface area contributed by atoms with Crippen LogP contribution in [0.3, 0.4) is 0 Å². The first kappa shape index (κ1) is 23.8. The zero-order chi connectivity index (χ0) is 24.0. The number of alkyl halides is 3. The summed E-state index contributed by atoms with van der Waals surface area (Å²) in [6.07, 6.45) is -3.66. The van der Waals surface area contributed by atoms with Gasteiger partial charge in [0.25, 0.3) is 11.8 Å². The van der Waals surface area contributed by atoms with Gasteiger partial charge in [-0.25, -0.2) is 5.43 Å². The summed E-state index contributed by atoms with van der Waals surface area (Å²) in [7, 11) is 1.40. The van der Waals surface area contributed by atoms with E-state index in [1.54, 1.807) is 18.2 Å². The lowest BCUT2D eigenvalue weighted by atomic mass is 10.1. The number of carbonyl (C=O) groups excluding carboxylic acids is 2. The number of anilines is 1. The first-order valence-corrected chi connectivity index (χ1v) is 9.82. The number of para-hydroxylation sites is 1. The highest BCUT2D eigenvalue weighted by atomic mass is 35.5. The van der Waals surface area contributed by atoms with Crippen LogP contribution in [0.5, 0.6) is 5.75 Å². The second-order valence-electron chi connectivity index (χ2n) is 6.63. The van der Waals surface area contributed by atoms with Crippen LogP contribution in [0.15, 0.2) is 71.8 Å². The van der Waals surface area contributed by atoms with E-state index in [-0.39, 0.29) is 28.1 Å². The number of carbonyl (C=O) groups is 2. The Morgan fingerprint density at radius 2 is 1.67 bits per heavy atom.